The molecule has 17 heavy (non-hydrogen) atoms. The van der Waals surface area contributed by atoms with Gasteiger partial charge in [-0.25, -0.2) is 4.39 Å². The van der Waals surface area contributed by atoms with Gasteiger partial charge in [0.2, 0.25) is 0 Å². The zero-order valence-corrected chi connectivity index (χ0v) is 10.7. The maximum atomic E-state index is 13.0. The second-order valence-electron chi connectivity index (χ2n) is 3.53. The van der Waals surface area contributed by atoms with Crippen LogP contribution < -0.4 is 4.74 Å². The van der Waals surface area contributed by atoms with Crippen molar-refractivity contribution in [1.82, 2.24) is 4.98 Å². The second kappa shape index (κ2) is 5.77. The molecule has 0 saturated heterocycles. The summed E-state index contributed by atoms with van der Waals surface area (Å²) in [5, 5.41) is 0. The molecule has 0 atom stereocenters. The summed E-state index contributed by atoms with van der Waals surface area (Å²) >= 11 is 3.31. The minimum Gasteiger partial charge on any atom is -0.492 e. The van der Waals surface area contributed by atoms with E-state index in [0.717, 1.165) is 16.5 Å². The van der Waals surface area contributed by atoms with Crippen molar-refractivity contribution >= 4 is 15.9 Å². The van der Waals surface area contributed by atoms with Crippen LogP contribution in [0.2, 0.25) is 0 Å². The Morgan fingerprint density at radius 2 is 2.18 bits per heavy atom. The van der Waals surface area contributed by atoms with Crippen molar-refractivity contribution in [3.05, 3.63) is 58.6 Å². The van der Waals surface area contributed by atoms with Crippen LogP contribution >= 0.6 is 15.9 Å². The number of aromatic nitrogens is 1. The Labute approximate surface area is 108 Å². The Morgan fingerprint density at radius 1 is 1.29 bits per heavy atom. The first-order valence-electron chi connectivity index (χ1n) is 5.22. The van der Waals surface area contributed by atoms with Crippen molar-refractivity contribution in [2.75, 3.05) is 6.61 Å². The van der Waals surface area contributed by atoms with Gasteiger partial charge in [0.05, 0.1) is 11.1 Å². The van der Waals surface area contributed by atoms with E-state index in [9.17, 15) is 4.39 Å². The Hall–Kier alpha value is -1.42. The lowest BCUT2D eigenvalue weighted by molar-refractivity contribution is 0.318. The number of nitrogens with zero attached hydrogens (tertiary/aromatic N) is 1. The highest BCUT2D eigenvalue weighted by Gasteiger charge is 2.02. The first-order valence-corrected chi connectivity index (χ1v) is 6.02. The highest BCUT2D eigenvalue weighted by atomic mass is 79.9. The summed E-state index contributed by atoms with van der Waals surface area (Å²) in [5.74, 6) is 0.221. The lowest BCUT2D eigenvalue weighted by atomic mass is 10.2. The molecule has 2 nitrogen and oxygen atoms in total. The molecule has 0 amide bonds. The standard InChI is InChI=1S/C13H11BrFNO/c14-12-4-3-11(15)8-13(12)17-7-5-10-2-1-6-16-9-10/h1-4,6,8-9H,5,7H2. The van der Waals surface area contributed by atoms with E-state index in [2.05, 4.69) is 20.9 Å². The molecule has 1 aromatic carbocycles. The average Bonchev–Trinajstić information content (AvgIpc) is 2.35. The van der Waals surface area contributed by atoms with E-state index >= 15 is 0 Å². The van der Waals surface area contributed by atoms with Gasteiger partial charge in [0.1, 0.15) is 11.6 Å². The summed E-state index contributed by atoms with van der Waals surface area (Å²) in [6, 6.07) is 8.25. The van der Waals surface area contributed by atoms with Gasteiger partial charge in [-0.15, -0.1) is 0 Å². The lowest BCUT2D eigenvalue weighted by Crippen LogP contribution is -2.02. The molecule has 2 aromatic rings. The number of ether oxygens (including phenoxy) is 1. The van der Waals surface area contributed by atoms with Crippen LogP contribution in [-0.4, -0.2) is 11.6 Å². The molecule has 0 N–H and O–H groups in total. The smallest absolute Gasteiger partial charge is 0.136 e. The van der Waals surface area contributed by atoms with Crippen LogP contribution in [0, 0.1) is 5.82 Å². The summed E-state index contributed by atoms with van der Waals surface area (Å²) in [6.07, 6.45) is 4.27. The van der Waals surface area contributed by atoms with Gasteiger partial charge in [-0.2, -0.15) is 0 Å². The fourth-order valence-electron chi connectivity index (χ4n) is 1.41. The molecule has 0 spiro atoms. The molecule has 1 aromatic heterocycles. The fraction of sp³-hybridized carbons (Fsp3) is 0.154. The van der Waals surface area contributed by atoms with Gasteiger partial charge in [0.15, 0.2) is 0 Å². The maximum absolute atomic E-state index is 13.0. The van der Waals surface area contributed by atoms with Crippen LogP contribution in [0.3, 0.4) is 0 Å². The van der Waals surface area contributed by atoms with Crippen molar-refractivity contribution in [1.29, 1.82) is 0 Å². The molecule has 0 fully saturated rings. The maximum Gasteiger partial charge on any atom is 0.136 e. The third kappa shape index (κ3) is 3.53. The normalized spacial score (nSPS) is 10.2. The van der Waals surface area contributed by atoms with Crippen LogP contribution in [0.25, 0.3) is 0 Å². The number of benzene rings is 1. The molecule has 1 heterocycles. The van der Waals surface area contributed by atoms with Gasteiger partial charge in [-0.1, -0.05) is 6.07 Å². The Morgan fingerprint density at radius 3 is 2.94 bits per heavy atom. The lowest BCUT2D eigenvalue weighted by Gasteiger charge is -2.08. The topological polar surface area (TPSA) is 22.1 Å². The van der Waals surface area contributed by atoms with Crippen LogP contribution in [0.4, 0.5) is 4.39 Å². The summed E-state index contributed by atoms with van der Waals surface area (Å²) in [7, 11) is 0. The van der Waals surface area contributed by atoms with E-state index in [0.29, 0.717) is 12.4 Å². The quantitative estimate of drug-likeness (QED) is 0.860. The highest BCUT2D eigenvalue weighted by molar-refractivity contribution is 9.10. The SMILES string of the molecule is Fc1ccc(Br)c(OCCc2cccnc2)c1. The van der Waals surface area contributed by atoms with Gasteiger partial charge < -0.3 is 4.74 Å². The highest BCUT2D eigenvalue weighted by Crippen LogP contribution is 2.25. The summed E-state index contributed by atoms with van der Waals surface area (Å²) < 4.78 is 19.2. The van der Waals surface area contributed by atoms with Crippen LogP contribution in [-0.2, 0) is 6.42 Å². The number of hydrogen-bond donors (Lipinski definition) is 0. The first kappa shape index (κ1) is 12.0. The molecule has 0 unspecified atom stereocenters. The van der Waals surface area contributed by atoms with E-state index in [-0.39, 0.29) is 5.82 Å². The average molecular weight is 296 g/mol. The van der Waals surface area contributed by atoms with Crippen LogP contribution in [0.1, 0.15) is 5.56 Å². The predicted molar refractivity (Wildman–Crippen MR) is 67.5 cm³/mol. The molecule has 2 rings (SSSR count). The molecule has 0 saturated carbocycles. The van der Waals surface area contributed by atoms with E-state index in [4.69, 9.17) is 4.74 Å². The van der Waals surface area contributed by atoms with Gasteiger partial charge >= 0.3 is 0 Å². The summed E-state index contributed by atoms with van der Waals surface area (Å²) in [6.45, 7) is 0.494. The molecule has 4 heteroatoms. The third-order valence-electron chi connectivity index (χ3n) is 2.26. The molecule has 0 aliphatic heterocycles. The van der Waals surface area contributed by atoms with E-state index in [1.807, 2.05) is 12.1 Å². The van der Waals surface area contributed by atoms with Gasteiger partial charge in [0.25, 0.3) is 0 Å². The second-order valence-corrected chi connectivity index (χ2v) is 4.39. The molecule has 0 aliphatic carbocycles. The van der Waals surface area contributed by atoms with Crippen molar-refractivity contribution in [2.24, 2.45) is 0 Å². The molecule has 0 aliphatic rings. The monoisotopic (exact) mass is 295 g/mol. The first-order chi connectivity index (χ1) is 8.25. The summed E-state index contributed by atoms with van der Waals surface area (Å²) in [4.78, 5) is 4.02. The fourth-order valence-corrected chi connectivity index (χ4v) is 1.77. The number of halogens is 2. The van der Waals surface area contributed by atoms with Crippen LogP contribution in [0.5, 0.6) is 5.75 Å². The zero-order valence-electron chi connectivity index (χ0n) is 9.07. The minimum atomic E-state index is -0.301. The largest absolute Gasteiger partial charge is 0.492 e. The molecule has 0 bridgehead atoms. The van der Waals surface area contributed by atoms with Crippen LogP contribution in [0.15, 0.2) is 47.2 Å². The number of hydrogen-bond acceptors (Lipinski definition) is 2. The van der Waals surface area contributed by atoms with Gasteiger partial charge in [-0.3, -0.25) is 4.98 Å². The number of pyridine rings is 1. The Balaban J connectivity index is 1.92. The minimum absolute atomic E-state index is 0.301. The van der Waals surface area contributed by atoms with Gasteiger partial charge in [0, 0.05) is 24.9 Å². The zero-order chi connectivity index (χ0) is 12.1. The summed E-state index contributed by atoms with van der Waals surface area (Å²) in [5.41, 5.74) is 1.10. The predicted octanol–water partition coefficient (Wildman–Crippen LogP) is 3.60. The Bertz CT molecular complexity index is 490. The van der Waals surface area contributed by atoms with E-state index in [1.165, 1.54) is 12.1 Å². The number of rotatable bonds is 4. The molecular weight excluding hydrogens is 285 g/mol. The third-order valence-corrected chi connectivity index (χ3v) is 2.92. The van der Waals surface area contributed by atoms with Crippen molar-refractivity contribution in [2.45, 2.75) is 6.42 Å². The van der Waals surface area contributed by atoms with Gasteiger partial charge in [-0.05, 0) is 39.7 Å². The molecular formula is C13H11BrFNO. The van der Waals surface area contributed by atoms with E-state index < -0.39 is 0 Å². The van der Waals surface area contributed by atoms with Crippen molar-refractivity contribution in [3.63, 3.8) is 0 Å². The van der Waals surface area contributed by atoms with Crippen molar-refractivity contribution in [3.8, 4) is 5.75 Å². The van der Waals surface area contributed by atoms with E-state index in [1.54, 1.807) is 18.5 Å². The molecule has 88 valence electrons. The Kier molecular flexibility index (Phi) is 4.09. The van der Waals surface area contributed by atoms with Crippen molar-refractivity contribution < 1.29 is 9.13 Å². The molecule has 0 radical (unpaired) electrons.